The van der Waals surface area contributed by atoms with Gasteiger partial charge in [-0.15, -0.1) is 6.58 Å². The van der Waals surface area contributed by atoms with Crippen LogP contribution in [0.1, 0.15) is 12.1 Å². The first-order valence-electron chi connectivity index (χ1n) is 7.09. The van der Waals surface area contributed by atoms with Crippen molar-refractivity contribution in [2.75, 3.05) is 7.11 Å². The number of aryl methyl sites for hydroxylation is 1. The molecule has 0 unspecified atom stereocenters. The number of imidazole rings is 1. The summed E-state index contributed by atoms with van der Waals surface area (Å²) in [7, 11) is 1.55. The quantitative estimate of drug-likeness (QED) is 0.485. The van der Waals surface area contributed by atoms with Crippen LogP contribution in [0.4, 0.5) is 8.78 Å². The molecule has 0 spiro atoms. The number of allylic oxidation sites excluding steroid dienone is 1. The Hall–Kier alpha value is -2.35. The van der Waals surface area contributed by atoms with Crippen molar-refractivity contribution < 1.29 is 13.5 Å². The van der Waals surface area contributed by atoms with E-state index in [1.54, 1.807) is 19.3 Å². The van der Waals surface area contributed by atoms with Crippen LogP contribution in [0.25, 0.3) is 17.0 Å². The van der Waals surface area contributed by atoms with Gasteiger partial charge in [0.05, 0.1) is 13.3 Å². The van der Waals surface area contributed by atoms with Crippen LogP contribution in [0.3, 0.4) is 0 Å². The third-order valence-electron chi connectivity index (χ3n) is 3.46. The molecule has 0 atom stereocenters. The molecule has 0 amide bonds. The second-order valence-corrected chi connectivity index (χ2v) is 5.74. The van der Waals surface area contributed by atoms with Gasteiger partial charge in [-0.25, -0.2) is 23.3 Å². The van der Waals surface area contributed by atoms with Gasteiger partial charge in [0.25, 0.3) is 0 Å². The number of hydrogen-bond donors (Lipinski definition) is 0. The zero-order chi connectivity index (χ0) is 17.3. The summed E-state index contributed by atoms with van der Waals surface area (Å²) in [4.78, 5) is 8.12. The van der Waals surface area contributed by atoms with Gasteiger partial charge in [-0.1, -0.05) is 6.08 Å². The number of ether oxygens (including phenoxy) is 1. The maximum Gasteiger partial charge on any atom is 0.158 e. The van der Waals surface area contributed by atoms with E-state index in [0.29, 0.717) is 35.6 Å². The number of methoxy groups -OCH3 is 1. The molecular formula is C16H13BrF2N4O. The van der Waals surface area contributed by atoms with E-state index in [1.807, 2.05) is 0 Å². The second kappa shape index (κ2) is 6.64. The minimum atomic E-state index is -0.789. The van der Waals surface area contributed by atoms with Gasteiger partial charge in [0.15, 0.2) is 17.3 Å². The molecule has 0 aromatic carbocycles. The van der Waals surface area contributed by atoms with Crippen LogP contribution < -0.4 is 4.74 Å². The Labute approximate surface area is 145 Å². The van der Waals surface area contributed by atoms with E-state index in [4.69, 9.17) is 4.74 Å². The second-order valence-electron chi connectivity index (χ2n) is 4.99. The lowest BCUT2D eigenvalue weighted by Gasteiger charge is -2.09. The minimum Gasteiger partial charge on any atom is -0.495 e. The van der Waals surface area contributed by atoms with Crippen LogP contribution in [-0.4, -0.2) is 26.7 Å². The Bertz CT molecular complexity index is 926. The van der Waals surface area contributed by atoms with Crippen LogP contribution >= 0.6 is 15.9 Å². The van der Waals surface area contributed by atoms with Crippen molar-refractivity contribution in [3.63, 3.8) is 0 Å². The third-order valence-corrected chi connectivity index (χ3v) is 4.02. The molecule has 0 N–H and O–H groups in total. The number of halogens is 3. The maximum atomic E-state index is 14.1. The Morgan fingerprint density at radius 2 is 2.12 bits per heavy atom. The topological polar surface area (TPSA) is 52.3 Å². The molecule has 8 heteroatoms. The lowest BCUT2D eigenvalue weighted by atomic mass is 10.2. The molecule has 0 aliphatic rings. The molecule has 0 fully saturated rings. The molecule has 0 bridgehead atoms. The summed E-state index contributed by atoms with van der Waals surface area (Å²) in [6.45, 7) is 3.69. The summed E-state index contributed by atoms with van der Waals surface area (Å²) in [5, 5.41) is 4.48. The first-order valence-corrected chi connectivity index (χ1v) is 7.89. The molecule has 24 heavy (non-hydrogen) atoms. The van der Waals surface area contributed by atoms with Gasteiger partial charge in [-0.3, -0.25) is 0 Å². The van der Waals surface area contributed by atoms with Crippen LogP contribution in [0.15, 0.2) is 35.6 Å². The summed E-state index contributed by atoms with van der Waals surface area (Å²) < 4.78 is 34.3. The van der Waals surface area contributed by atoms with Crippen LogP contribution in [0.5, 0.6) is 5.75 Å². The fourth-order valence-electron chi connectivity index (χ4n) is 2.31. The Morgan fingerprint density at radius 1 is 1.33 bits per heavy atom. The van der Waals surface area contributed by atoms with Crippen molar-refractivity contribution in [2.24, 2.45) is 0 Å². The van der Waals surface area contributed by atoms with Gasteiger partial charge >= 0.3 is 0 Å². The fraction of sp³-hybridized carbons (Fsp3) is 0.188. The van der Waals surface area contributed by atoms with Gasteiger partial charge in [0.1, 0.15) is 27.4 Å². The first-order chi connectivity index (χ1) is 11.5. The van der Waals surface area contributed by atoms with Crippen LogP contribution in [-0.2, 0) is 6.42 Å². The molecule has 3 rings (SSSR count). The van der Waals surface area contributed by atoms with Crippen LogP contribution in [0.2, 0.25) is 0 Å². The normalized spacial score (nSPS) is 11.0. The van der Waals surface area contributed by atoms with Gasteiger partial charge in [-0.2, -0.15) is 5.10 Å². The molecule has 3 aromatic heterocycles. The molecule has 3 heterocycles. The smallest absolute Gasteiger partial charge is 0.158 e. The van der Waals surface area contributed by atoms with E-state index in [2.05, 4.69) is 37.6 Å². The average Bonchev–Trinajstić information content (AvgIpc) is 2.97. The number of hydrogen-bond acceptors (Lipinski definition) is 4. The van der Waals surface area contributed by atoms with Crippen LogP contribution in [0, 0.1) is 11.6 Å². The van der Waals surface area contributed by atoms with Gasteiger partial charge in [0, 0.05) is 12.1 Å². The molecule has 5 nitrogen and oxygen atoms in total. The number of pyridine rings is 1. The lowest BCUT2D eigenvalue weighted by Crippen LogP contribution is -2.04. The van der Waals surface area contributed by atoms with Gasteiger partial charge in [-0.05, 0) is 28.8 Å². The maximum absolute atomic E-state index is 14.1. The van der Waals surface area contributed by atoms with Crippen molar-refractivity contribution >= 4 is 21.6 Å². The zero-order valence-electron chi connectivity index (χ0n) is 12.8. The van der Waals surface area contributed by atoms with Gasteiger partial charge in [0.2, 0.25) is 0 Å². The summed E-state index contributed by atoms with van der Waals surface area (Å²) in [6.07, 6.45) is 4.55. The molecular weight excluding hydrogens is 382 g/mol. The van der Waals surface area contributed by atoms with E-state index >= 15 is 0 Å². The molecule has 3 aromatic rings. The SMILES string of the molecule is C=CCCc1nn2c(-c3nc(Br)c(F)cc3F)cnc2cc1OC. The van der Waals surface area contributed by atoms with E-state index < -0.39 is 11.6 Å². The number of aromatic nitrogens is 4. The molecule has 124 valence electrons. The van der Waals surface area contributed by atoms with Crippen molar-refractivity contribution in [2.45, 2.75) is 12.8 Å². The Balaban J connectivity index is 2.19. The van der Waals surface area contributed by atoms with E-state index in [-0.39, 0.29) is 10.3 Å². The van der Waals surface area contributed by atoms with Crippen molar-refractivity contribution in [1.29, 1.82) is 0 Å². The fourth-order valence-corrected chi connectivity index (χ4v) is 2.60. The molecule has 0 saturated carbocycles. The third kappa shape index (κ3) is 2.89. The molecule has 0 aliphatic carbocycles. The monoisotopic (exact) mass is 394 g/mol. The predicted octanol–water partition coefficient (Wildman–Crippen LogP) is 3.96. The van der Waals surface area contributed by atoms with E-state index in [1.165, 1.54) is 10.7 Å². The highest BCUT2D eigenvalue weighted by Crippen LogP contribution is 2.27. The first kappa shape index (κ1) is 16.5. The highest BCUT2D eigenvalue weighted by molar-refractivity contribution is 9.10. The Kier molecular flexibility index (Phi) is 4.57. The zero-order valence-corrected chi connectivity index (χ0v) is 14.3. The number of rotatable bonds is 5. The van der Waals surface area contributed by atoms with Crippen molar-refractivity contribution in [3.8, 4) is 17.1 Å². The highest BCUT2D eigenvalue weighted by atomic mass is 79.9. The Morgan fingerprint density at radius 3 is 2.83 bits per heavy atom. The largest absolute Gasteiger partial charge is 0.495 e. The summed E-state index contributed by atoms with van der Waals surface area (Å²) in [6, 6.07) is 2.49. The van der Waals surface area contributed by atoms with E-state index in [9.17, 15) is 8.78 Å². The number of nitrogens with zero attached hydrogens (tertiary/aromatic N) is 4. The van der Waals surface area contributed by atoms with Gasteiger partial charge < -0.3 is 4.74 Å². The number of fused-ring (bicyclic) bond motifs is 1. The summed E-state index contributed by atoms with van der Waals surface area (Å²) in [5.74, 6) is -0.968. The van der Waals surface area contributed by atoms with Crippen molar-refractivity contribution in [1.82, 2.24) is 19.6 Å². The summed E-state index contributed by atoms with van der Waals surface area (Å²) >= 11 is 2.97. The lowest BCUT2D eigenvalue weighted by molar-refractivity contribution is 0.405. The highest BCUT2D eigenvalue weighted by Gasteiger charge is 2.18. The molecule has 0 saturated heterocycles. The molecule has 0 aliphatic heterocycles. The minimum absolute atomic E-state index is 0.0388. The van der Waals surface area contributed by atoms with Crippen molar-refractivity contribution in [3.05, 3.63) is 52.9 Å². The summed E-state index contributed by atoms with van der Waals surface area (Å²) in [5.41, 5.74) is 1.45. The molecule has 0 radical (unpaired) electrons. The average molecular weight is 395 g/mol. The predicted molar refractivity (Wildman–Crippen MR) is 88.9 cm³/mol. The standard InChI is InChI=1S/C16H13BrF2N4O/c1-3-4-5-11-13(24-2)7-14-20-8-12(23(14)22-11)15-9(18)6-10(19)16(17)21-15/h3,6-8H,1,4-5H2,2H3. The van der Waals surface area contributed by atoms with E-state index in [0.717, 1.165) is 6.07 Å².